The third-order valence-electron chi connectivity index (χ3n) is 3.84. The minimum Gasteiger partial charge on any atom is -0.478 e. The van der Waals surface area contributed by atoms with Crippen LogP contribution >= 0.6 is 0 Å². The van der Waals surface area contributed by atoms with E-state index < -0.39 is 63.7 Å². The summed E-state index contributed by atoms with van der Waals surface area (Å²) in [5, 5.41) is 18.0. The number of benzene rings is 3. The van der Waals surface area contributed by atoms with Crippen LogP contribution in [0.1, 0.15) is 20.7 Å². The first kappa shape index (κ1) is 19.1. The Bertz CT molecular complexity index is 1110. The summed E-state index contributed by atoms with van der Waals surface area (Å²) >= 11 is 0. The Hall–Kier alpha value is -3.69. The fraction of sp³-hybridized carbons (Fsp3) is 0. The summed E-state index contributed by atoms with van der Waals surface area (Å²) in [6.07, 6.45) is 0. The predicted octanol–water partition coefficient (Wildman–Crippen LogP) is 4.72. The molecule has 3 aromatic rings. The smallest absolute Gasteiger partial charge is 0.336 e. The van der Waals surface area contributed by atoms with Crippen LogP contribution in [0.2, 0.25) is 0 Å². The van der Waals surface area contributed by atoms with E-state index in [9.17, 15) is 41.8 Å². The largest absolute Gasteiger partial charge is 0.478 e. The first-order valence-electron chi connectivity index (χ1n) is 7.36. The molecule has 0 aliphatic heterocycles. The van der Waals surface area contributed by atoms with Crippen molar-refractivity contribution in [3.05, 3.63) is 70.5 Å². The van der Waals surface area contributed by atoms with Gasteiger partial charge in [0.2, 0.25) is 34.8 Å². The molecule has 0 spiro atoms. The lowest BCUT2D eigenvalue weighted by molar-refractivity contribution is 0.0695. The zero-order valence-corrected chi connectivity index (χ0v) is 13.4. The summed E-state index contributed by atoms with van der Waals surface area (Å²) in [6, 6.07) is 5.26. The first-order valence-corrected chi connectivity index (χ1v) is 7.36. The lowest BCUT2D eigenvalue weighted by Crippen LogP contribution is -2.06. The summed E-state index contributed by atoms with van der Waals surface area (Å²) in [4.78, 5) is 22.8. The predicted molar refractivity (Wildman–Crippen MR) is 84.2 cm³/mol. The Balaban J connectivity index is 2.30. The van der Waals surface area contributed by atoms with Gasteiger partial charge in [-0.1, -0.05) is 12.1 Å². The molecule has 10 heteroatoms. The molecule has 0 radical (unpaired) electrons. The van der Waals surface area contributed by atoms with Gasteiger partial charge >= 0.3 is 11.9 Å². The van der Waals surface area contributed by atoms with Crippen molar-refractivity contribution in [3.63, 3.8) is 0 Å². The van der Waals surface area contributed by atoms with Crippen molar-refractivity contribution >= 4 is 22.7 Å². The molecule has 2 N–H and O–H groups in total. The summed E-state index contributed by atoms with van der Waals surface area (Å²) in [5.74, 6) is -16.4. The van der Waals surface area contributed by atoms with Crippen LogP contribution < -0.4 is 4.74 Å². The maximum Gasteiger partial charge on any atom is 0.336 e. The molecule has 144 valence electrons. The van der Waals surface area contributed by atoms with Gasteiger partial charge in [0.05, 0.1) is 11.1 Å². The van der Waals surface area contributed by atoms with Gasteiger partial charge in [-0.25, -0.2) is 22.8 Å². The third kappa shape index (κ3) is 2.88. The first-order chi connectivity index (χ1) is 13.1. The fourth-order valence-electron chi connectivity index (χ4n) is 2.61. The summed E-state index contributed by atoms with van der Waals surface area (Å²) in [5.41, 5.74) is -0.921. The Morgan fingerprint density at radius 1 is 0.714 bits per heavy atom. The number of ether oxygens (including phenoxy) is 1. The molecule has 5 nitrogen and oxygen atoms in total. The molecule has 0 aliphatic carbocycles. The molecule has 0 heterocycles. The number of carbonyl (C=O) groups is 2. The molecular weight excluding hydrogens is 391 g/mol. The summed E-state index contributed by atoms with van der Waals surface area (Å²) in [6.45, 7) is 0. The number of aromatic carboxylic acids is 2. The van der Waals surface area contributed by atoms with Crippen LogP contribution in [-0.4, -0.2) is 22.2 Å². The van der Waals surface area contributed by atoms with E-state index in [0.29, 0.717) is 0 Å². The number of hydrogen-bond acceptors (Lipinski definition) is 3. The summed E-state index contributed by atoms with van der Waals surface area (Å²) in [7, 11) is 0. The Labute approximate surface area is 152 Å². The highest BCUT2D eigenvalue weighted by molar-refractivity contribution is 6.14. The van der Waals surface area contributed by atoms with Gasteiger partial charge in [-0.3, -0.25) is 0 Å². The van der Waals surface area contributed by atoms with Crippen LogP contribution in [-0.2, 0) is 0 Å². The average Bonchev–Trinajstić information content (AvgIpc) is 2.67. The molecule has 0 bridgehead atoms. The van der Waals surface area contributed by atoms with Gasteiger partial charge in [-0.05, 0) is 18.2 Å². The second kappa shape index (κ2) is 6.80. The SMILES string of the molecule is O=C(O)c1cccc2c(Oc3c(F)c(F)c(F)c(F)c3F)ccc(C(=O)O)c12. The van der Waals surface area contributed by atoms with Crippen molar-refractivity contribution in [2.24, 2.45) is 0 Å². The fourth-order valence-corrected chi connectivity index (χ4v) is 2.61. The van der Waals surface area contributed by atoms with Crippen molar-refractivity contribution in [1.82, 2.24) is 0 Å². The number of hydrogen-bond donors (Lipinski definition) is 2. The van der Waals surface area contributed by atoms with E-state index in [1.54, 1.807) is 0 Å². The van der Waals surface area contributed by atoms with Crippen LogP contribution in [0, 0.1) is 29.1 Å². The Kier molecular flexibility index (Phi) is 4.63. The lowest BCUT2D eigenvalue weighted by Gasteiger charge is -2.14. The van der Waals surface area contributed by atoms with E-state index in [0.717, 1.165) is 18.2 Å². The molecule has 0 atom stereocenters. The molecule has 3 aromatic carbocycles. The number of halogens is 5. The van der Waals surface area contributed by atoms with Crippen LogP contribution in [0.25, 0.3) is 10.8 Å². The standard InChI is InChI=1S/C18H7F5O5/c19-11-12(20)14(22)16(15(23)13(11)21)28-9-5-4-8(18(26)27)10-6(9)2-1-3-7(10)17(24)25/h1-5H,(H,24,25)(H,26,27). The molecule has 0 saturated heterocycles. The molecule has 28 heavy (non-hydrogen) atoms. The minimum atomic E-state index is -2.37. The van der Waals surface area contributed by atoms with E-state index in [4.69, 9.17) is 4.74 Å². The van der Waals surface area contributed by atoms with E-state index in [1.807, 2.05) is 0 Å². The molecule has 0 fully saturated rings. The van der Waals surface area contributed by atoms with Crippen molar-refractivity contribution in [1.29, 1.82) is 0 Å². The number of fused-ring (bicyclic) bond motifs is 1. The Morgan fingerprint density at radius 2 is 1.21 bits per heavy atom. The highest BCUT2D eigenvalue weighted by Crippen LogP contribution is 2.37. The average molecular weight is 398 g/mol. The van der Waals surface area contributed by atoms with Crippen LogP contribution in [0.5, 0.6) is 11.5 Å². The second-order valence-electron chi connectivity index (χ2n) is 5.45. The van der Waals surface area contributed by atoms with Gasteiger partial charge in [0, 0.05) is 10.8 Å². The number of carboxylic acid groups (broad SMARTS) is 2. The van der Waals surface area contributed by atoms with Crippen LogP contribution in [0.15, 0.2) is 30.3 Å². The van der Waals surface area contributed by atoms with Gasteiger partial charge in [0.1, 0.15) is 5.75 Å². The van der Waals surface area contributed by atoms with Gasteiger partial charge in [-0.15, -0.1) is 0 Å². The topological polar surface area (TPSA) is 83.8 Å². The van der Waals surface area contributed by atoms with Gasteiger partial charge < -0.3 is 14.9 Å². The lowest BCUT2D eigenvalue weighted by atomic mass is 9.98. The molecule has 0 unspecified atom stereocenters. The van der Waals surface area contributed by atoms with E-state index >= 15 is 0 Å². The molecule has 0 aromatic heterocycles. The number of carboxylic acids is 2. The van der Waals surface area contributed by atoms with Gasteiger partial charge in [-0.2, -0.15) is 8.78 Å². The number of rotatable bonds is 4. The Morgan fingerprint density at radius 3 is 1.75 bits per heavy atom. The molecule has 0 amide bonds. The summed E-state index contributed by atoms with van der Waals surface area (Å²) < 4.78 is 72.5. The van der Waals surface area contributed by atoms with Crippen LogP contribution in [0.4, 0.5) is 22.0 Å². The normalized spacial score (nSPS) is 10.9. The van der Waals surface area contributed by atoms with E-state index in [2.05, 4.69) is 0 Å². The van der Waals surface area contributed by atoms with Crippen LogP contribution in [0.3, 0.4) is 0 Å². The molecular formula is C18H7F5O5. The van der Waals surface area contributed by atoms with Gasteiger partial charge in [0.15, 0.2) is 0 Å². The van der Waals surface area contributed by atoms with Gasteiger partial charge in [0.25, 0.3) is 0 Å². The molecule has 0 aliphatic rings. The molecule has 0 saturated carbocycles. The van der Waals surface area contributed by atoms with Crippen molar-refractivity contribution in [2.45, 2.75) is 0 Å². The zero-order chi connectivity index (χ0) is 20.7. The van der Waals surface area contributed by atoms with E-state index in [1.165, 1.54) is 12.1 Å². The maximum atomic E-state index is 13.9. The van der Waals surface area contributed by atoms with Crippen molar-refractivity contribution in [3.8, 4) is 11.5 Å². The zero-order valence-electron chi connectivity index (χ0n) is 13.4. The third-order valence-corrected chi connectivity index (χ3v) is 3.84. The quantitative estimate of drug-likeness (QED) is 0.377. The minimum absolute atomic E-state index is 0.219. The highest BCUT2D eigenvalue weighted by Gasteiger charge is 2.28. The van der Waals surface area contributed by atoms with Crippen molar-refractivity contribution in [2.75, 3.05) is 0 Å². The van der Waals surface area contributed by atoms with Crippen molar-refractivity contribution < 1.29 is 46.5 Å². The monoisotopic (exact) mass is 398 g/mol. The highest BCUT2D eigenvalue weighted by atomic mass is 19.2. The molecule has 3 rings (SSSR count). The maximum absolute atomic E-state index is 13.9. The second-order valence-corrected chi connectivity index (χ2v) is 5.45. The van der Waals surface area contributed by atoms with E-state index in [-0.39, 0.29) is 10.8 Å².